The molecule has 1 N–H and O–H groups in total. The Morgan fingerprint density at radius 2 is 1.94 bits per heavy atom. The second kappa shape index (κ2) is 10.7. The van der Waals surface area contributed by atoms with E-state index in [2.05, 4.69) is 15.5 Å². The molecule has 0 bridgehead atoms. The van der Waals surface area contributed by atoms with Gasteiger partial charge >= 0.3 is 6.03 Å². The maximum atomic E-state index is 12.6. The van der Waals surface area contributed by atoms with E-state index < -0.39 is 0 Å². The predicted molar refractivity (Wildman–Crippen MR) is 119 cm³/mol. The number of carbonyl (C=O) groups is 1. The van der Waals surface area contributed by atoms with Gasteiger partial charge in [0.1, 0.15) is 11.5 Å². The Kier molecular flexibility index (Phi) is 7.22. The third kappa shape index (κ3) is 5.78. The van der Waals surface area contributed by atoms with Gasteiger partial charge in [-0.15, -0.1) is 10.2 Å². The van der Waals surface area contributed by atoms with Crippen LogP contribution >= 0.6 is 0 Å². The van der Waals surface area contributed by atoms with Gasteiger partial charge in [-0.2, -0.15) is 0 Å². The quantitative estimate of drug-likeness (QED) is 0.578. The highest BCUT2D eigenvalue weighted by atomic mass is 16.5. The highest BCUT2D eigenvalue weighted by molar-refractivity contribution is 5.74. The van der Waals surface area contributed by atoms with Crippen molar-refractivity contribution >= 4 is 6.03 Å². The lowest BCUT2D eigenvalue weighted by molar-refractivity contribution is 0.173. The van der Waals surface area contributed by atoms with E-state index in [1.165, 1.54) is 0 Å². The van der Waals surface area contributed by atoms with Crippen LogP contribution in [0, 0.1) is 0 Å². The number of likely N-dealkylation sites (tertiary alicyclic amines) is 1. The third-order valence-corrected chi connectivity index (χ3v) is 5.49. The molecule has 4 rings (SSSR count). The number of hydrogen-bond acceptors (Lipinski definition) is 6. The molecule has 1 unspecified atom stereocenters. The standard InChI is InChI=1S/C24H28N4O4/c1-30-20-11-9-18(10-12-20)13-14-25-24(29)28-15-5-6-19(16-28)23-27-26-22(32-23)17-31-21-7-3-2-4-8-21/h2-4,7-12,19H,5-6,13-17H2,1H3,(H,25,29). The lowest BCUT2D eigenvalue weighted by atomic mass is 9.98. The Morgan fingerprint density at radius 3 is 2.72 bits per heavy atom. The number of rotatable bonds is 8. The molecule has 1 aromatic heterocycles. The van der Waals surface area contributed by atoms with E-state index in [1.54, 1.807) is 7.11 Å². The topological polar surface area (TPSA) is 89.7 Å². The first-order valence-corrected chi connectivity index (χ1v) is 10.9. The molecule has 2 aromatic carbocycles. The number of ether oxygens (including phenoxy) is 2. The molecule has 1 fully saturated rings. The Labute approximate surface area is 187 Å². The molecule has 8 heteroatoms. The fraction of sp³-hybridized carbons (Fsp3) is 0.375. The number of benzene rings is 2. The number of nitrogens with one attached hydrogen (secondary N) is 1. The molecule has 2 heterocycles. The molecule has 8 nitrogen and oxygen atoms in total. The SMILES string of the molecule is COc1ccc(CCNC(=O)N2CCCC(c3nnc(COc4ccccc4)o3)C2)cc1. The van der Waals surface area contributed by atoms with E-state index in [-0.39, 0.29) is 18.6 Å². The number of carbonyl (C=O) groups excluding carboxylic acids is 1. The van der Waals surface area contributed by atoms with Crippen molar-refractivity contribution in [1.82, 2.24) is 20.4 Å². The summed E-state index contributed by atoms with van der Waals surface area (Å²) in [4.78, 5) is 14.5. The first kappa shape index (κ1) is 21.7. The van der Waals surface area contributed by atoms with Crippen LogP contribution in [0.5, 0.6) is 11.5 Å². The Morgan fingerprint density at radius 1 is 1.12 bits per heavy atom. The second-order valence-corrected chi connectivity index (χ2v) is 7.75. The summed E-state index contributed by atoms with van der Waals surface area (Å²) >= 11 is 0. The van der Waals surface area contributed by atoms with E-state index >= 15 is 0 Å². The van der Waals surface area contributed by atoms with E-state index in [0.717, 1.165) is 42.9 Å². The molecule has 32 heavy (non-hydrogen) atoms. The largest absolute Gasteiger partial charge is 0.497 e. The molecule has 0 spiro atoms. The zero-order chi connectivity index (χ0) is 22.2. The minimum absolute atomic E-state index is 0.0362. The van der Waals surface area contributed by atoms with Gasteiger partial charge in [-0.1, -0.05) is 30.3 Å². The van der Waals surface area contributed by atoms with Crippen molar-refractivity contribution in [3.8, 4) is 11.5 Å². The zero-order valence-corrected chi connectivity index (χ0v) is 18.2. The highest BCUT2D eigenvalue weighted by Crippen LogP contribution is 2.26. The highest BCUT2D eigenvalue weighted by Gasteiger charge is 2.28. The van der Waals surface area contributed by atoms with Crippen LogP contribution in [0.4, 0.5) is 4.79 Å². The monoisotopic (exact) mass is 436 g/mol. The molecule has 1 aliphatic rings. The van der Waals surface area contributed by atoms with Crippen LogP contribution < -0.4 is 14.8 Å². The summed E-state index contributed by atoms with van der Waals surface area (Å²) in [5.41, 5.74) is 1.15. The van der Waals surface area contributed by atoms with Crippen LogP contribution in [-0.4, -0.2) is 47.9 Å². The average Bonchev–Trinajstić information content (AvgIpc) is 3.33. The second-order valence-electron chi connectivity index (χ2n) is 7.75. The Balaban J connectivity index is 1.24. The number of methoxy groups -OCH3 is 1. The molecule has 168 valence electrons. The van der Waals surface area contributed by atoms with Crippen molar-refractivity contribution in [2.75, 3.05) is 26.7 Å². The fourth-order valence-electron chi connectivity index (χ4n) is 3.73. The lowest BCUT2D eigenvalue weighted by Gasteiger charge is -2.31. The maximum Gasteiger partial charge on any atom is 0.317 e. The number of urea groups is 1. The van der Waals surface area contributed by atoms with Crippen molar-refractivity contribution in [3.05, 3.63) is 71.9 Å². The third-order valence-electron chi connectivity index (χ3n) is 5.49. The Bertz CT molecular complexity index is 991. The van der Waals surface area contributed by atoms with Crippen molar-refractivity contribution in [1.29, 1.82) is 0 Å². The summed E-state index contributed by atoms with van der Waals surface area (Å²) in [5, 5.41) is 11.3. The number of hydrogen-bond donors (Lipinski definition) is 1. The van der Waals surface area contributed by atoms with Crippen molar-refractivity contribution in [2.24, 2.45) is 0 Å². The van der Waals surface area contributed by atoms with E-state index in [1.807, 2.05) is 59.5 Å². The van der Waals surface area contributed by atoms with Gasteiger partial charge in [0.25, 0.3) is 5.89 Å². The molecule has 0 saturated carbocycles. The van der Waals surface area contributed by atoms with Gasteiger partial charge in [-0.05, 0) is 49.1 Å². The van der Waals surface area contributed by atoms with Gasteiger partial charge < -0.3 is 24.1 Å². The van der Waals surface area contributed by atoms with E-state index in [4.69, 9.17) is 13.9 Å². The lowest BCUT2D eigenvalue weighted by Crippen LogP contribution is -2.45. The maximum absolute atomic E-state index is 12.6. The minimum atomic E-state index is -0.0599. The van der Waals surface area contributed by atoms with Crippen LogP contribution in [0.3, 0.4) is 0 Å². The fourth-order valence-corrected chi connectivity index (χ4v) is 3.73. The van der Waals surface area contributed by atoms with Gasteiger partial charge in [0.2, 0.25) is 5.89 Å². The number of aromatic nitrogens is 2. The van der Waals surface area contributed by atoms with Gasteiger partial charge in [0.15, 0.2) is 6.61 Å². The molecule has 0 aliphatic carbocycles. The van der Waals surface area contributed by atoms with Crippen LogP contribution in [0.1, 0.15) is 36.1 Å². The van der Waals surface area contributed by atoms with Gasteiger partial charge in [-0.25, -0.2) is 4.79 Å². The van der Waals surface area contributed by atoms with Crippen LogP contribution in [0.2, 0.25) is 0 Å². The molecular weight excluding hydrogens is 408 g/mol. The summed E-state index contributed by atoms with van der Waals surface area (Å²) in [6, 6.07) is 17.3. The van der Waals surface area contributed by atoms with Gasteiger partial charge in [-0.3, -0.25) is 0 Å². The molecule has 1 saturated heterocycles. The molecular formula is C24H28N4O4. The number of para-hydroxylation sites is 1. The summed E-state index contributed by atoms with van der Waals surface area (Å²) in [5.74, 6) is 2.61. The Hall–Kier alpha value is -3.55. The summed E-state index contributed by atoms with van der Waals surface area (Å²) < 4.78 is 16.7. The zero-order valence-electron chi connectivity index (χ0n) is 18.2. The summed E-state index contributed by atoms with van der Waals surface area (Å²) in [7, 11) is 1.65. The number of nitrogens with zero attached hydrogens (tertiary/aromatic N) is 3. The first-order valence-electron chi connectivity index (χ1n) is 10.9. The van der Waals surface area contributed by atoms with Gasteiger partial charge in [0.05, 0.1) is 13.0 Å². The van der Waals surface area contributed by atoms with Crippen molar-refractivity contribution in [2.45, 2.75) is 31.8 Å². The summed E-state index contributed by atoms with van der Waals surface area (Å²) in [6.07, 6.45) is 2.58. The molecule has 1 aliphatic heterocycles. The van der Waals surface area contributed by atoms with Crippen LogP contribution in [0.25, 0.3) is 0 Å². The molecule has 2 amide bonds. The normalized spacial score (nSPS) is 15.9. The first-order chi connectivity index (χ1) is 15.7. The van der Waals surface area contributed by atoms with Gasteiger partial charge in [0, 0.05) is 19.6 Å². The molecule has 0 radical (unpaired) electrons. The van der Waals surface area contributed by atoms with Crippen LogP contribution in [-0.2, 0) is 13.0 Å². The number of piperidine rings is 1. The number of amides is 2. The van der Waals surface area contributed by atoms with E-state index in [0.29, 0.717) is 24.9 Å². The van der Waals surface area contributed by atoms with Crippen LogP contribution in [0.15, 0.2) is 59.0 Å². The molecule has 1 atom stereocenters. The van der Waals surface area contributed by atoms with E-state index in [9.17, 15) is 4.79 Å². The smallest absolute Gasteiger partial charge is 0.317 e. The minimum Gasteiger partial charge on any atom is -0.497 e. The summed E-state index contributed by atoms with van der Waals surface area (Å²) in [6.45, 7) is 2.09. The molecule has 3 aromatic rings. The van der Waals surface area contributed by atoms with Crippen molar-refractivity contribution < 1.29 is 18.7 Å². The average molecular weight is 437 g/mol. The van der Waals surface area contributed by atoms with Crippen molar-refractivity contribution in [3.63, 3.8) is 0 Å². The predicted octanol–water partition coefficient (Wildman–Crippen LogP) is 3.79.